The fraction of sp³-hybridized carbons (Fsp3) is 0.200. The van der Waals surface area contributed by atoms with Crippen molar-refractivity contribution in [1.29, 1.82) is 0 Å². The van der Waals surface area contributed by atoms with E-state index in [1.54, 1.807) is 0 Å². The average molecular weight is 303 g/mol. The lowest BCUT2D eigenvalue weighted by molar-refractivity contribution is 0.597. The molecule has 0 radical (unpaired) electrons. The van der Waals surface area contributed by atoms with Crippen LogP contribution in [-0.2, 0) is 19.9 Å². The zero-order chi connectivity index (χ0) is 14.3. The number of benzene rings is 1. The summed E-state index contributed by atoms with van der Waals surface area (Å²) in [6.45, 7) is 0. The summed E-state index contributed by atoms with van der Waals surface area (Å²) < 4.78 is 44.8. The van der Waals surface area contributed by atoms with Gasteiger partial charge in [-0.3, -0.25) is 0 Å². The summed E-state index contributed by atoms with van der Waals surface area (Å²) in [7, 11) is -6.97. The number of hydrogen-bond donors (Lipinski definition) is 3. The van der Waals surface area contributed by atoms with Gasteiger partial charge in [0.1, 0.15) is 0 Å². The molecule has 0 amide bonds. The fourth-order valence-corrected chi connectivity index (χ4v) is 3.50. The second-order valence-electron chi connectivity index (χ2n) is 4.20. The third-order valence-corrected chi connectivity index (χ3v) is 4.93. The molecule has 104 valence electrons. The minimum absolute atomic E-state index is 0.0522. The van der Waals surface area contributed by atoms with Gasteiger partial charge >= 0.3 is 0 Å². The minimum atomic E-state index is -3.81. The topological polar surface area (TPSA) is 132 Å². The van der Waals surface area contributed by atoms with Crippen LogP contribution in [0.2, 0.25) is 0 Å². The molecule has 0 saturated heterocycles. The van der Waals surface area contributed by atoms with Gasteiger partial charge in [-0.15, -0.1) is 0 Å². The van der Waals surface area contributed by atoms with Crippen molar-refractivity contribution < 1.29 is 16.8 Å². The predicted octanol–water partition coefficient (Wildman–Crippen LogP) is -0.361. The van der Waals surface area contributed by atoms with Crippen molar-refractivity contribution in [2.75, 3.05) is 16.8 Å². The Kier molecular flexibility index (Phi) is 3.29. The van der Waals surface area contributed by atoms with Crippen LogP contribution >= 0.6 is 0 Å². The quantitative estimate of drug-likeness (QED) is 0.653. The minimum Gasteiger partial charge on any atom is -0.397 e. The standard InChI is InChI=1S/C10H13N3O4S2/c11-9-5-8(19(12,16)17)1-2-10(9)13-7-3-4-18(14,15)6-7/h1-5,7,13H,6,11H2,(H2,12,16,17). The first kappa shape index (κ1) is 13.8. The lowest BCUT2D eigenvalue weighted by Crippen LogP contribution is -2.21. The van der Waals surface area contributed by atoms with Gasteiger partial charge in [0, 0.05) is 5.41 Å². The lowest BCUT2D eigenvalue weighted by atomic mass is 10.2. The molecule has 1 aromatic carbocycles. The molecule has 19 heavy (non-hydrogen) atoms. The van der Waals surface area contributed by atoms with Gasteiger partial charge in [0.15, 0.2) is 9.84 Å². The maximum Gasteiger partial charge on any atom is 0.238 e. The number of sulfonamides is 1. The number of hydrogen-bond acceptors (Lipinski definition) is 6. The van der Waals surface area contributed by atoms with Crippen molar-refractivity contribution in [3.05, 3.63) is 29.7 Å². The van der Waals surface area contributed by atoms with Crippen molar-refractivity contribution in [1.82, 2.24) is 0 Å². The van der Waals surface area contributed by atoms with Crippen LogP contribution in [0.1, 0.15) is 0 Å². The van der Waals surface area contributed by atoms with Gasteiger partial charge in [-0.25, -0.2) is 22.0 Å². The third-order valence-electron chi connectivity index (χ3n) is 2.62. The van der Waals surface area contributed by atoms with Gasteiger partial charge < -0.3 is 11.1 Å². The second-order valence-corrected chi connectivity index (χ2v) is 7.70. The van der Waals surface area contributed by atoms with Crippen LogP contribution in [0.4, 0.5) is 11.4 Å². The van der Waals surface area contributed by atoms with E-state index < -0.39 is 19.9 Å². The summed E-state index contributed by atoms with van der Waals surface area (Å²) >= 11 is 0. The van der Waals surface area contributed by atoms with E-state index in [-0.39, 0.29) is 22.4 Å². The Hall–Kier alpha value is -1.58. The van der Waals surface area contributed by atoms with Crippen molar-refractivity contribution >= 4 is 31.2 Å². The molecule has 2 rings (SSSR count). The maximum absolute atomic E-state index is 11.2. The molecule has 9 heteroatoms. The van der Waals surface area contributed by atoms with E-state index in [0.29, 0.717) is 5.69 Å². The summed E-state index contributed by atoms with van der Waals surface area (Å²) in [5, 5.41) is 9.04. The number of rotatable bonds is 3. The van der Waals surface area contributed by atoms with Crippen LogP contribution in [-0.4, -0.2) is 28.6 Å². The van der Waals surface area contributed by atoms with Crippen LogP contribution in [0.15, 0.2) is 34.6 Å². The average Bonchev–Trinajstić information content (AvgIpc) is 2.59. The normalized spacial score (nSPS) is 21.4. The first-order chi connectivity index (χ1) is 8.67. The fourth-order valence-electron chi connectivity index (χ4n) is 1.71. The monoisotopic (exact) mass is 303 g/mol. The lowest BCUT2D eigenvalue weighted by Gasteiger charge is -2.14. The zero-order valence-corrected chi connectivity index (χ0v) is 11.4. The highest BCUT2D eigenvalue weighted by molar-refractivity contribution is 7.94. The van der Waals surface area contributed by atoms with Crippen LogP contribution in [0.25, 0.3) is 0 Å². The molecular weight excluding hydrogens is 290 g/mol. The van der Waals surface area contributed by atoms with Gasteiger partial charge in [0.25, 0.3) is 0 Å². The van der Waals surface area contributed by atoms with Gasteiger partial charge in [-0.2, -0.15) is 0 Å². The molecule has 0 aromatic heterocycles. The van der Waals surface area contributed by atoms with Crippen LogP contribution in [0.5, 0.6) is 0 Å². The smallest absolute Gasteiger partial charge is 0.238 e. The summed E-state index contributed by atoms with van der Waals surface area (Å²) in [6, 6.07) is 3.60. The predicted molar refractivity (Wildman–Crippen MR) is 72.6 cm³/mol. The van der Waals surface area contributed by atoms with Crippen LogP contribution in [0, 0.1) is 0 Å². The first-order valence-corrected chi connectivity index (χ1v) is 8.53. The largest absolute Gasteiger partial charge is 0.397 e. The molecule has 1 aliphatic heterocycles. The summed E-state index contributed by atoms with van der Waals surface area (Å²) in [5.74, 6) is -0.0522. The highest BCUT2D eigenvalue weighted by atomic mass is 32.2. The Morgan fingerprint density at radius 3 is 2.47 bits per heavy atom. The summed E-state index contributed by atoms with van der Waals surface area (Å²) in [4.78, 5) is -0.0925. The van der Waals surface area contributed by atoms with Crippen molar-refractivity contribution in [3.63, 3.8) is 0 Å². The molecule has 0 fully saturated rings. The van der Waals surface area contributed by atoms with E-state index in [2.05, 4.69) is 5.32 Å². The molecule has 5 N–H and O–H groups in total. The Morgan fingerprint density at radius 1 is 1.32 bits per heavy atom. The Balaban J connectivity index is 2.22. The van der Waals surface area contributed by atoms with Crippen molar-refractivity contribution in [2.24, 2.45) is 5.14 Å². The molecule has 0 saturated carbocycles. The Labute approximate surface area is 111 Å². The molecule has 1 atom stereocenters. The van der Waals surface area contributed by atoms with Crippen molar-refractivity contribution in [3.8, 4) is 0 Å². The number of nitrogens with one attached hydrogen (secondary N) is 1. The van der Waals surface area contributed by atoms with Crippen LogP contribution < -0.4 is 16.2 Å². The highest BCUT2D eigenvalue weighted by Crippen LogP contribution is 2.24. The third kappa shape index (κ3) is 3.25. The van der Waals surface area contributed by atoms with E-state index in [4.69, 9.17) is 10.9 Å². The number of sulfone groups is 1. The van der Waals surface area contributed by atoms with Crippen LogP contribution in [0.3, 0.4) is 0 Å². The molecule has 1 aliphatic rings. The first-order valence-electron chi connectivity index (χ1n) is 5.27. The molecule has 1 heterocycles. The summed E-state index contributed by atoms with van der Waals surface area (Å²) in [5.41, 5.74) is 6.35. The molecule has 0 aliphatic carbocycles. The van der Waals surface area contributed by atoms with Gasteiger partial charge in [-0.1, -0.05) is 6.08 Å². The molecule has 1 aromatic rings. The number of nitrogen functional groups attached to an aromatic ring is 1. The van der Waals surface area contributed by atoms with Gasteiger partial charge in [0.05, 0.1) is 28.1 Å². The molecule has 1 unspecified atom stereocenters. The number of nitrogens with two attached hydrogens (primary N) is 2. The SMILES string of the molecule is Nc1cc(S(N)(=O)=O)ccc1NC1C=CS(=O)(=O)C1. The molecule has 0 bridgehead atoms. The van der Waals surface area contributed by atoms with E-state index in [0.717, 1.165) is 5.41 Å². The van der Waals surface area contributed by atoms with Gasteiger partial charge in [-0.05, 0) is 18.2 Å². The molecule has 0 spiro atoms. The Morgan fingerprint density at radius 2 is 2.00 bits per heavy atom. The number of anilines is 2. The van der Waals surface area contributed by atoms with E-state index >= 15 is 0 Å². The zero-order valence-electron chi connectivity index (χ0n) is 9.78. The van der Waals surface area contributed by atoms with Gasteiger partial charge in [0.2, 0.25) is 10.0 Å². The molecular formula is C10H13N3O4S2. The van der Waals surface area contributed by atoms with E-state index in [1.807, 2.05) is 0 Å². The van der Waals surface area contributed by atoms with E-state index in [9.17, 15) is 16.8 Å². The summed E-state index contributed by atoms with van der Waals surface area (Å²) in [6.07, 6.45) is 1.52. The second kappa shape index (κ2) is 4.51. The number of primary sulfonamides is 1. The van der Waals surface area contributed by atoms with E-state index in [1.165, 1.54) is 24.3 Å². The highest BCUT2D eigenvalue weighted by Gasteiger charge is 2.22. The van der Waals surface area contributed by atoms with Crippen molar-refractivity contribution in [2.45, 2.75) is 10.9 Å². The molecule has 7 nitrogen and oxygen atoms in total. The maximum atomic E-state index is 11.2. The Bertz CT molecular complexity index is 738.